The van der Waals surface area contributed by atoms with E-state index in [1.807, 2.05) is 0 Å². The van der Waals surface area contributed by atoms with Crippen molar-refractivity contribution in [1.82, 2.24) is 4.90 Å². The molecule has 0 atom stereocenters. The third-order valence-corrected chi connectivity index (χ3v) is 1.27. The Morgan fingerprint density at radius 2 is 2.00 bits per heavy atom. The first-order valence-electron chi connectivity index (χ1n) is 2.79. The molecular formula is C5H10FNO. The molecule has 0 N–H and O–H groups in total. The molecule has 1 aliphatic rings. The van der Waals surface area contributed by atoms with Crippen molar-refractivity contribution in [2.24, 2.45) is 0 Å². The van der Waals surface area contributed by atoms with Crippen molar-refractivity contribution < 1.29 is 9.13 Å². The fourth-order valence-electron chi connectivity index (χ4n) is 0.721. The van der Waals surface area contributed by atoms with Gasteiger partial charge in [-0.1, -0.05) is 0 Å². The Balaban J connectivity index is 2.13. The predicted molar refractivity (Wildman–Crippen MR) is 28.4 cm³/mol. The maximum absolute atomic E-state index is 11.7. The second-order valence-electron chi connectivity index (χ2n) is 1.85. The van der Waals surface area contributed by atoms with Crippen LogP contribution in [0, 0.1) is 0 Å². The third-order valence-electron chi connectivity index (χ3n) is 1.27. The van der Waals surface area contributed by atoms with E-state index in [1.54, 1.807) is 4.90 Å². The van der Waals surface area contributed by atoms with Crippen molar-refractivity contribution >= 4 is 0 Å². The van der Waals surface area contributed by atoms with E-state index in [1.165, 1.54) is 0 Å². The molecule has 0 amide bonds. The Morgan fingerprint density at radius 3 is 2.38 bits per heavy atom. The zero-order chi connectivity index (χ0) is 5.82. The number of hydrogen-bond acceptors (Lipinski definition) is 2. The molecule has 3 heteroatoms. The van der Waals surface area contributed by atoms with E-state index < -0.39 is 0 Å². The number of rotatable bonds is 1. The van der Waals surface area contributed by atoms with Gasteiger partial charge in [0.05, 0.1) is 13.2 Å². The van der Waals surface area contributed by atoms with Gasteiger partial charge in [-0.25, -0.2) is 4.39 Å². The van der Waals surface area contributed by atoms with Crippen molar-refractivity contribution in [3.05, 3.63) is 0 Å². The largest absolute Gasteiger partial charge is 0.379 e. The van der Waals surface area contributed by atoms with Gasteiger partial charge in [-0.3, -0.25) is 4.90 Å². The average Bonchev–Trinajstić information content (AvgIpc) is 1.90. The van der Waals surface area contributed by atoms with Gasteiger partial charge in [0.25, 0.3) is 0 Å². The van der Waals surface area contributed by atoms with Gasteiger partial charge in [-0.2, -0.15) is 0 Å². The molecule has 0 bridgehead atoms. The minimum atomic E-state index is -0.330. The van der Waals surface area contributed by atoms with E-state index in [-0.39, 0.29) is 6.80 Å². The van der Waals surface area contributed by atoms with Crippen LogP contribution in [-0.2, 0) is 4.74 Å². The number of ether oxygens (including phenoxy) is 1. The Bertz CT molecular complexity index is 63.4. The van der Waals surface area contributed by atoms with E-state index in [2.05, 4.69) is 0 Å². The first-order chi connectivity index (χ1) is 3.93. The SMILES string of the molecule is FCN1CCOCC1. The fraction of sp³-hybridized carbons (Fsp3) is 1.00. The second kappa shape index (κ2) is 2.99. The van der Waals surface area contributed by atoms with Gasteiger partial charge in [-0.15, -0.1) is 0 Å². The molecule has 0 radical (unpaired) electrons. The molecule has 8 heavy (non-hydrogen) atoms. The lowest BCUT2D eigenvalue weighted by atomic mass is 10.5. The first kappa shape index (κ1) is 5.98. The smallest absolute Gasteiger partial charge is 0.143 e. The van der Waals surface area contributed by atoms with Crippen molar-refractivity contribution in [3.8, 4) is 0 Å². The zero-order valence-electron chi connectivity index (χ0n) is 4.77. The second-order valence-corrected chi connectivity index (χ2v) is 1.85. The molecule has 0 aromatic carbocycles. The van der Waals surface area contributed by atoms with Crippen LogP contribution in [0.15, 0.2) is 0 Å². The monoisotopic (exact) mass is 119 g/mol. The molecule has 1 aliphatic heterocycles. The van der Waals surface area contributed by atoms with Crippen LogP contribution in [0.5, 0.6) is 0 Å². The van der Waals surface area contributed by atoms with Gasteiger partial charge in [0.15, 0.2) is 0 Å². The highest BCUT2D eigenvalue weighted by Crippen LogP contribution is 1.94. The summed E-state index contributed by atoms with van der Waals surface area (Å²) in [5.41, 5.74) is 0. The Labute approximate surface area is 48.2 Å². The highest BCUT2D eigenvalue weighted by Gasteiger charge is 2.07. The van der Waals surface area contributed by atoms with Crippen molar-refractivity contribution in [2.45, 2.75) is 0 Å². The summed E-state index contributed by atoms with van der Waals surface area (Å²) < 4.78 is 16.7. The normalized spacial score (nSPS) is 23.6. The maximum atomic E-state index is 11.7. The first-order valence-corrected chi connectivity index (χ1v) is 2.79. The molecular weight excluding hydrogens is 109 g/mol. The van der Waals surface area contributed by atoms with Gasteiger partial charge >= 0.3 is 0 Å². The maximum Gasteiger partial charge on any atom is 0.143 e. The Morgan fingerprint density at radius 1 is 1.38 bits per heavy atom. The van der Waals surface area contributed by atoms with Gasteiger partial charge in [0.1, 0.15) is 6.80 Å². The molecule has 1 fully saturated rings. The summed E-state index contributed by atoms with van der Waals surface area (Å²) in [5.74, 6) is 0. The zero-order valence-corrected chi connectivity index (χ0v) is 4.77. The summed E-state index contributed by atoms with van der Waals surface area (Å²) in [7, 11) is 0. The molecule has 0 aliphatic carbocycles. The van der Waals surface area contributed by atoms with Gasteiger partial charge in [0.2, 0.25) is 0 Å². The van der Waals surface area contributed by atoms with Gasteiger partial charge in [0, 0.05) is 13.1 Å². The van der Waals surface area contributed by atoms with Crippen LogP contribution < -0.4 is 0 Å². The van der Waals surface area contributed by atoms with E-state index in [9.17, 15) is 4.39 Å². The van der Waals surface area contributed by atoms with E-state index in [0.717, 1.165) is 13.1 Å². The number of hydrogen-bond donors (Lipinski definition) is 0. The summed E-state index contributed by atoms with van der Waals surface area (Å²) in [6.07, 6.45) is 0. The summed E-state index contributed by atoms with van der Waals surface area (Å²) in [6.45, 7) is 2.53. The molecule has 1 saturated heterocycles. The van der Waals surface area contributed by atoms with Crippen molar-refractivity contribution in [1.29, 1.82) is 0 Å². The van der Waals surface area contributed by atoms with Gasteiger partial charge < -0.3 is 4.74 Å². The lowest BCUT2D eigenvalue weighted by Crippen LogP contribution is -2.35. The Kier molecular flexibility index (Phi) is 2.24. The third kappa shape index (κ3) is 1.42. The topological polar surface area (TPSA) is 12.5 Å². The average molecular weight is 119 g/mol. The molecule has 0 spiro atoms. The quantitative estimate of drug-likeness (QED) is 0.459. The summed E-state index contributed by atoms with van der Waals surface area (Å²) in [5, 5.41) is 0. The molecule has 0 aromatic rings. The van der Waals surface area contributed by atoms with Crippen LogP contribution >= 0.6 is 0 Å². The molecule has 48 valence electrons. The Hall–Kier alpha value is -0.150. The summed E-state index contributed by atoms with van der Waals surface area (Å²) in [6, 6.07) is 0. The van der Waals surface area contributed by atoms with Crippen LogP contribution in [-0.4, -0.2) is 38.0 Å². The molecule has 0 aromatic heterocycles. The lowest BCUT2D eigenvalue weighted by Gasteiger charge is -2.22. The minimum Gasteiger partial charge on any atom is -0.379 e. The fourth-order valence-corrected chi connectivity index (χ4v) is 0.721. The van der Waals surface area contributed by atoms with Crippen molar-refractivity contribution in [3.63, 3.8) is 0 Å². The molecule has 1 rings (SSSR count). The van der Waals surface area contributed by atoms with Crippen molar-refractivity contribution in [2.75, 3.05) is 33.1 Å². The van der Waals surface area contributed by atoms with Crippen LogP contribution in [0.4, 0.5) is 4.39 Å². The molecule has 0 saturated carbocycles. The van der Waals surface area contributed by atoms with Crippen LogP contribution in [0.2, 0.25) is 0 Å². The lowest BCUT2D eigenvalue weighted by molar-refractivity contribution is 0.0188. The summed E-state index contributed by atoms with van der Waals surface area (Å²) in [4.78, 5) is 1.73. The number of alkyl halides is 1. The molecule has 1 heterocycles. The molecule has 2 nitrogen and oxygen atoms in total. The number of halogens is 1. The van der Waals surface area contributed by atoms with Gasteiger partial charge in [-0.05, 0) is 0 Å². The predicted octanol–water partition coefficient (Wildman–Crippen LogP) is 0.246. The van der Waals surface area contributed by atoms with E-state index >= 15 is 0 Å². The van der Waals surface area contributed by atoms with Crippen LogP contribution in [0.1, 0.15) is 0 Å². The standard InChI is InChI=1S/C5H10FNO/c6-5-7-1-3-8-4-2-7/h1-5H2. The van der Waals surface area contributed by atoms with Crippen LogP contribution in [0.3, 0.4) is 0 Å². The minimum absolute atomic E-state index is 0.330. The number of morpholine rings is 1. The summed E-state index contributed by atoms with van der Waals surface area (Å²) >= 11 is 0. The van der Waals surface area contributed by atoms with Crippen LogP contribution in [0.25, 0.3) is 0 Å². The number of nitrogens with zero attached hydrogens (tertiary/aromatic N) is 1. The highest BCUT2D eigenvalue weighted by molar-refractivity contribution is 4.55. The molecule has 0 unspecified atom stereocenters. The highest BCUT2D eigenvalue weighted by atomic mass is 19.1. The van der Waals surface area contributed by atoms with E-state index in [0.29, 0.717) is 13.2 Å². The van der Waals surface area contributed by atoms with E-state index in [4.69, 9.17) is 4.74 Å².